The Bertz CT molecular complexity index is 3130. The number of aryl methyl sites for hydroxylation is 1. The van der Waals surface area contributed by atoms with E-state index < -0.39 is 0 Å². The standard InChI is InChI=1S/C50H37N5O/c1-52-32-54(45-25-24-35(26-47(45)52)33-14-5-3-6-15-33)36-18-13-19-37(27-36)56-38-28-41(34-16-7-4-8-17-34)50-40-21-10-12-23-44(40)55(48(50)29-38)49-30-46-42(31-51-49)39-20-9-11-22-43(39)53(46)2/h3-31H,32H2,1-2H3. The van der Waals surface area contributed by atoms with Gasteiger partial charge in [0, 0.05) is 71.2 Å². The summed E-state index contributed by atoms with van der Waals surface area (Å²) in [5, 5.41) is 4.68. The summed E-state index contributed by atoms with van der Waals surface area (Å²) < 4.78 is 11.4. The smallest absolute Gasteiger partial charge is 0.139 e. The molecule has 6 nitrogen and oxygen atoms in total. The van der Waals surface area contributed by atoms with Crippen LogP contribution in [0.15, 0.2) is 176 Å². The van der Waals surface area contributed by atoms with E-state index in [-0.39, 0.29) is 0 Å². The van der Waals surface area contributed by atoms with Crippen molar-refractivity contribution in [3.05, 3.63) is 176 Å². The number of benzene rings is 7. The molecule has 0 N–H and O–H groups in total. The lowest BCUT2D eigenvalue weighted by atomic mass is 9.99. The number of fused-ring (bicyclic) bond motifs is 7. The Hall–Kier alpha value is -7.31. The molecule has 0 radical (unpaired) electrons. The topological polar surface area (TPSA) is 38.5 Å². The van der Waals surface area contributed by atoms with Gasteiger partial charge in [0.25, 0.3) is 0 Å². The Morgan fingerprint density at radius 1 is 0.500 bits per heavy atom. The minimum absolute atomic E-state index is 0.745. The van der Waals surface area contributed by atoms with Crippen LogP contribution in [0.2, 0.25) is 0 Å². The number of hydrogen-bond acceptors (Lipinski definition) is 4. The maximum atomic E-state index is 6.88. The van der Waals surface area contributed by atoms with E-state index in [2.05, 4.69) is 197 Å². The molecule has 0 unspecified atom stereocenters. The van der Waals surface area contributed by atoms with E-state index in [1.807, 2.05) is 12.3 Å². The third-order valence-electron chi connectivity index (χ3n) is 11.3. The third kappa shape index (κ3) is 5.07. The van der Waals surface area contributed by atoms with Crippen LogP contribution in [0.1, 0.15) is 0 Å². The van der Waals surface area contributed by atoms with Crippen molar-refractivity contribution < 1.29 is 4.74 Å². The van der Waals surface area contributed by atoms with Gasteiger partial charge in [-0.15, -0.1) is 0 Å². The van der Waals surface area contributed by atoms with E-state index in [0.717, 1.165) is 62.7 Å². The molecule has 1 aliphatic heterocycles. The van der Waals surface area contributed by atoms with Crippen molar-refractivity contribution in [3.63, 3.8) is 0 Å². The number of nitrogens with zero attached hydrogens (tertiary/aromatic N) is 5. The highest BCUT2D eigenvalue weighted by atomic mass is 16.5. The van der Waals surface area contributed by atoms with E-state index in [0.29, 0.717) is 0 Å². The summed E-state index contributed by atoms with van der Waals surface area (Å²) in [6.07, 6.45) is 2.02. The summed E-state index contributed by atoms with van der Waals surface area (Å²) in [5.74, 6) is 2.39. The summed E-state index contributed by atoms with van der Waals surface area (Å²) in [6, 6.07) is 60.1. The minimum atomic E-state index is 0.745. The predicted octanol–water partition coefficient (Wildman–Crippen LogP) is 12.5. The van der Waals surface area contributed by atoms with Crippen LogP contribution in [0, 0.1) is 0 Å². The molecule has 4 heterocycles. The molecule has 6 heteroatoms. The maximum Gasteiger partial charge on any atom is 0.139 e. The first-order valence-corrected chi connectivity index (χ1v) is 19.0. The number of ether oxygens (including phenoxy) is 1. The Morgan fingerprint density at radius 3 is 2.05 bits per heavy atom. The third-order valence-corrected chi connectivity index (χ3v) is 11.3. The minimum Gasteiger partial charge on any atom is -0.457 e. The Balaban J connectivity index is 1.04. The van der Waals surface area contributed by atoms with Crippen molar-refractivity contribution in [3.8, 4) is 39.6 Å². The fourth-order valence-electron chi connectivity index (χ4n) is 8.69. The first kappa shape index (κ1) is 32.1. The quantitative estimate of drug-likeness (QED) is 0.171. The molecule has 7 aromatic carbocycles. The second kappa shape index (κ2) is 12.6. The molecule has 0 atom stereocenters. The van der Waals surface area contributed by atoms with Gasteiger partial charge < -0.3 is 19.1 Å². The lowest BCUT2D eigenvalue weighted by Crippen LogP contribution is -2.23. The summed E-state index contributed by atoms with van der Waals surface area (Å²) in [7, 11) is 4.29. The van der Waals surface area contributed by atoms with E-state index in [1.165, 1.54) is 44.2 Å². The average Bonchev–Trinajstić information content (AvgIpc) is 3.87. The number of hydrogen-bond donors (Lipinski definition) is 0. The van der Waals surface area contributed by atoms with E-state index in [1.54, 1.807) is 0 Å². The molecule has 56 heavy (non-hydrogen) atoms. The van der Waals surface area contributed by atoms with Crippen LogP contribution in [0.3, 0.4) is 0 Å². The average molecular weight is 724 g/mol. The van der Waals surface area contributed by atoms with Gasteiger partial charge in [-0.1, -0.05) is 109 Å². The van der Waals surface area contributed by atoms with Crippen molar-refractivity contribution in [2.24, 2.45) is 7.05 Å². The second-order valence-electron chi connectivity index (χ2n) is 14.7. The van der Waals surface area contributed by atoms with Crippen LogP contribution in [0.4, 0.5) is 17.1 Å². The molecular weight excluding hydrogens is 687 g/mol. The molecule has 0 saturated carbocycles. The number of anilines is 3. The van der Waals surface area contributed by atoms with Crippen LogP contribution >= 0.6 is 0 Å². The van der Waals surface area contributed by atoms with Crippen LogP contribution in [0.25, 0.3) is 71.7 Å². The van der Waals surface area contributed by atoms with Gasteiger partial charge in [-0.2, -0.15) is 0 Å². The van der Waals surface area contributed by atoms with Gasteiger partial charge >= 0.3 is 0 Å². The van der Waals surface area contributed by atoms with Gasteiger partial charge in [-0.05, 0) is 64.7 Å². The molecule has 0 bridgehead atoms. The number of rotatable bonds is 6. The summed E-state index contributed by atoms with van der Waals surface area (Å²) in [5.41, 5.74) is 12.6. The molecule has 268 valence electrons. The van der Waals surface area contributed by atoms with Crippen LogP contribution in [-0.2, 0) is 7.05 Å². The lowest BCUT2D eigenvalue weighted by Gasteiger charge is -2.20. The van der Waals surface area contributed by atoms with E-state index in [4.69, 9.17) is 9.72 Å². The zero-order valence-corrected chi connectivity index (χ0v) is 31.1. The van der Waals surface area contributed by atoms with Crippen LogP contribution in [-0.4, -0.2) is 27.8 Å². The normalized spacial score (nSPS) is 12.7. The van der Waals surface area contributed by atoms with Gasteiger partial charge in [-0.25, -0.2) is 4.98 Å². The van der Waals surface area contributed by atoms with E-state index >= 15 is 0 Å². The van der Waals surface area contributed by atoms with Crippen LogP contribution in [0.5, 0.6) is 11.5 Å². The molecule has 1 aliphatic rings. The highest BCUT2D eigenvalue weighted by Crippen LogP contribution is 2.45. The zero-order chi connectivity index (χ0) is 37.3. The fraction of sp³-hybridized carbons (Fsp3) is 0.0600. The summed E-state index contributed by atoms with van der Waals surface area (Å²) >= 11 is 0. The molecule has 0 spiro atoms. The van der Waals surface area contributed by atoms with Crippen LogP contribution < -0.4 is 14.5 Å². The molecule has 0 aliphatic carbocycles. The van der Waals surface area contributed by atoms with Crippen molar-refractivity contribution in [1.29, 1.82) is 0 Å². The highest BCUT2D eigenvalue weighted by Gasteiger charge is 2.26. The Kier molecular flexibility index (Phi) is 7.26. The van der Waals surface area contributed by atoms with Gasteiger partial charge in [0.15, 0.2) is 0 Å². The molecule has 10 aromatic rings. The monoisotopic (exact) mass is 723 g/mol. The molecule has 11 rings (SSSR count). The van der Waals surface area contributed by atoms with Crippen molar-refractivity contribution >= 4 is 60.7 Å². The maximum absolute atomic E-state index is 6.88. The van der Waals surface area contributed by atoms with Crippen molar-refractivity contribution in [2.75, 3.05) is 23.5 Å². The van der Waals surface area contributed by atoms with Gasteiger partial charge in [0.1, 0.15) is 17.3 Å². The summed E-state index contributed by atoms with van der Waals surface area (Å²) in [6.45, 7) is 0.745. The first-order valence-electron chi connectivity index (χ1n) is 19.0. The Labute approximate surface area is 324 Å². The molecule has 3 aromatic heterocycles. The van der Waals surface area contributed by atoms with E-state index in [9.17, 15) is 0 Å². The lowest BCUT2D eigenvalue weighted by molar-refractivity contribution is 0.483. The fourth-order valence-corrected chi connectivity index (χ4v) is 8.69. The van der Waals surface area contributed by atoms with Gasteiger partial charge in [-0.3, -0.25) is 4.57 Å². The molecule has 0 saturated heterocycles. The number of aromatic nitrogens is 3. The second-order valence-corrected chi connectivity index (χ2v) is 14.7. The van der Waals surface area contributed by atoms with Crippen molar-refractivity contribution in [1.82, 2.24) is 14.1 Å². The SMILES string of the molecule is CN1CN(c2cccc(Oc3cc(-c4ccccc4)c4c5ccccc5n(-c5cc6c(cn5)c5ccccc5n6C)c4c3)c2)c2ccc(-c3ccccc3)cc21. The van der Waals surface area contributed by atoms with Crippen molar-refractivity contribution in [2.45, 2.75) is 0 Å². The number of para-hydroxylation sites is 2. The Morgan fingerprint density at radius 2 is 1.23 bits per heavy atom. The molecule has 0 amide bonds. The molecule has 0 fully saturated rings. The van der Waals surface area contributed by atoms with Gasteiger partial charge in [0.2, 0.25) is 0 Å². The predicted molar refractivity (Wildman–Crippen MR) is 232 cm³/mol. The largest absolute Gasteiger partial charge is 0.457 e. The number of pyridine rings is 1. The summed E-state index contributed by atoms with van der Waals surface area (Å²) in [4.78, 5) is 9.78. The zero-order valence-electron chi connectivity index (χ0n) is 31.1. The molecular formula is C50H37N5O. The highest BCUT2D eigenvalue weighted by molar-refractivity contribution is 6.16. The first-order chi connectivity index (χ1) is 27.6. The van der Waals surface area contributed by atoms with Gasteiger partial charge in [0.05, 0.1) is 34.6 Å².